The van der Waals surface area contributed by atoms with Gasteiger partial charge in [-0.3, -0.25) is 47.9 Å². The number of anilines is 6. The van der Waals surface area contributed by atoms with Crippen LogP contribution in [0.2, 0.25) is 0 Å². The summed E-state index contributed by atoms with van der Waals surface area (Å²) in [5.41, 5.74) is 0.692. The smallest absolute Gasteiger partial charge is 0.266 e. The Balaban J connectivity index is 0.909. The number of carbonyl (C=O) groups excluding carboxylic acids is 10. The van der Waals surface area contributed by atoms with Crippen molar-refractivity contribution >= 4 is 93.2 Å². The average molecular weight is 897 g/mol. The molecule has 11 rings (SSSR count). The zero-order chi connectivity index (χ0) is 47.1. The van der Waals surface area contributed by atoms with Crippen molar-refractivity contribution in [1.82, 2.24) is 0 Å². The Hall–Kier alpha value is -9.96. The highest BCUT2D eigenvalue weighted by molar-refractivity contribution is 6.38. The maximum atomic E-state index is 14.2. The van der Waals surface area contributed by atoms with Gasteiger partial charge in [0.15, 0.2) is 0 Å². The van der Waals surface area contributed by atoms with Gasteiger partial charge in [-0.15, -0.1) is 0 Å². The lowest BCUT2D eigenvalue weighted by Crippen LogP contribution is -2.32. The lowest BCUT2D eigenvalue weighted by atomic mass is 10.1. The molecule has 4 aliphatic heterocycles. The number of fused-ring (bicyclic) bond motifs is 4. The number of nitrogens with one attached hydrogen (secondary N) is 2. The monoisotopic (exact) mass is 896 g/mol. The molecular weight excluding hydrogens is 869 g/mol. The molecule has 0 fully saturated rings. The Bertz CT molecular complexity index is 3010. The molecule has 0 aliphatic carbocycles. The van der Waals surface area contributed by atoms with Gasteiger partial charge in [-0.2, -0.15) is 0 Å². The molecule has 0 unspecified atom stereocenters. The summed E-state index contributed by atoms with van der Waals surface area (Å²) in [5, 5.41) is 5.45. The number of benzene rings is 7. The third-order valence-electron chi connectivity index (χ3n) is 11.9. The molecule has 4 heterocycles. The molecule has 326 valence electrons. The normalized spacial score (nSPS) is 14.7. The van der Waals surface area contributed by atoms with Crippen molar-refractivity contribution in [3.05, 3.63) is 213 Å². The van der Waals surface area contributed by atoms with Crippen LogP contribution >= 0.6 is 0 Å². The molecule has 4 aliphatic rings. The van der Waals surface area contributed by atoms with Crippen LogP contribution in [-0.4, -0.2) is 59.1 Å². The van der Waals surface area contributed by atoms with E-state index in [1.165, 1.54) is 109 Å². The van der Waals surface area contributed by atoms with Crippen LogP contribution in [0.4, 0.5) is 34.1 Å². The lowest BCUT2D eigenvalue weighted by Gasteiger charge is -2.21. The van der Waals surface area contributed by atoms with Crippen molar-refractivity contribution in [3.63, 3.8) is 0 Å². The van der Waals surface area contributed by atoms with E-state index in [4.69, 9.17) is 0 Å². The van der Waals surface area contributed by atoms with Crippen LogP contribution in [0, 0.1) is 0 Å². The Morgan fingerprint density at radius 2 is 0.500 bits per heavy atom. The molecule has 16 heteroatoms. The Morgan fingerprint density at radius 1 is 0.279 bits per heavy atom. The molecule has 7 aromatic carbocycles. The van der Waals surface area contributed by atoms with E-state index in [1.807, 2.05) is 0 Å². The van der Waals surface area contributed by atoms with E-state index in [1.54, 1.807) is 48.5 Å². The fraction of sp³-hybridized carbons (Fsp3) is 0. The van der Waals surface area contributed by atoms with Crippen LogP contribution < -0.4 is 30.2 Å². The highest BCUT2D eigenvalue weighted by atomic mass is 16.2. The van der Waals surface area contributed by atoms with Gasteiger partial charge in [0.1, 0.15) is 0 Å². The zero-order valence-corrected chi connectivity index (χ0v) is 34.9. The van der Waals surface area contributed by atoms with Crippen molar-refractivity contribution in [2.24, 2.45) is 0 Å². The fourth-order valence-corrected chi connectivity index (χ4v) is 8.75. The first-order valence-electron chi connectivity index (χ1n) is 20.8. The highest BCUT2D eigenvalue weighted by Crippen LogP contribution is 2.38. The summed E-state index contributed by atoms with van der Waals surface area (Å²) >= 11 is 0. The summed E-state index contributed by atoms with van der Waals surface area (Å²) in [7, 11) is 0. The van der Waals surface area contributed by atoms with Gasteiger partial charge in [-0.1, -0.05) is 54.6 Å². The number of imide groups is 4. The molecule has 0 atom stereocenters. The summed E-state index contributed by atoms with van der Waals surface area (Å²) in [4.78, 5) is 141. The minimum Gasteiger partial charge on any atom is -0.322 e. The first-order chi connectivity index (χ1) is 32.9. The molecule has 2 N–H and O–H groups in total. The predicted molar refractivity (Wildman–Crippen MR) is 246 cm³/mol. The van der Waals surface area contributed by atoms with Gasteiger partial charge in [-0.05, 0) is 103 Å². The molecular formula is C52H28N6O10. The van der Waals surface area contributed by atoms with Crippen LogP contribution in [0.25, 0.3) is 0 Å². The van der Waals surface area contributed by atoms with E-state index in [-0.39, 0.29) is 89.8 Å². The molecule has 0 aromatic heterocycles. The summed E-state index contributed by atoms with van der Waals surface area (Å²) in [5.74, 6) is -6.98. The van der Waals surface area contributed by atoms with E-state index in [0.29, 0.717) is 0 Å². The van der Waals surface area contributed by atoms with E-state index in [0.717, 1.165) is 19.6 Å². The zero-order valence-electron chi connectivity index (χ0n) is 34.9. The Morgan fingerprint density at radius 3 is 0.721 bits per heavy atom. The van der Waals surface area contributed by atoms with Gasteiger partial charge in [0, 0.05) is 22.5 Å². The fourth-order valence-electron chi connectivity index (χ4n) is 8.75. The van der Waals surface area contributed by atoms with E-state index in [9.17, 15) is 47.9 Å². The molecule has 7 aromatic rings. The van der Waals surface area contributed by atoms with Gasteiger partial charge in [0.25, 0.3) is 59.1 Å². The predicted octanol–water partition coefficient (Wildman–Crippen LogP) is 7.39. The summed E-state index contributed by atoms with van der Waals surface area (Å²) < 4.78 is 0. The van der Waals surface area contributed by atoms with Crippen molar-refractivity contribution in [2.45, 2.75) is 0 Å². The number of nitrogens with zero attached hydrogens (tertiary/aromatic N) is 4. The van der Waals surface area contributed by atoms with Crippen LogP contribution in [0.1, 0.15) is 104 Å². The summed E-state index contributed by atoms with van der Waals surface area (Å²) in [6, 6.07) is 38.4. The number of amides is 10. The van der Waals surface area contributed by atoms with E-state index >= 15 is 0 Å². The lowest BCUT2D eigenvalue weighted by molar-refractivity contribution is 0.0908. The number of carbonyl (C=O) groups is 10. The third kappa shape index (κ3) is 6.31. The number of hydrogen-bond acceptors (Lipinski definition) is 10. The molecule has 16 nitrogen and oxygen atoms in total. The minimum atomic E-state index is -0.788. The second-order valence-corrected chi connectivity index (χ2v) is 15.9. The van der Waals surface area contributed by atoms with Gasteiger partial charge in [0.2, 0.25) is 0 Å². The van der Waals surface area contributed by atoms with Crippen molar-refractivity contribution in [1.29, 1.82) is 0 Å². The number of rotatable bonds is 8. The quantitative estimate of drug-likeness (QED) is 0.145. The van der Waals surface area contributed by atoms with Gasteiger partial charge >= 0.3 is 0 Å². The maximum absolute atomic E-state index is 14.2. The minimum absolute atomic E-state index is 0.0829. The maximum Gasteiger partial charge on any atom is 0.266 e. The molecule has 0 spiro atoms. The largest absolute Gasteiger partial charge is 0.322 e. The van der Waals surface area contributed by atoms with Gasteiger partial charge < -0.3 is 10.6 Å². The highest BCUT2D eigenvalue weighted by Gasteiger charge is 2.42. The van der Waals surface area contributed by atoms with E-state index in [2.05, 4.69) is 10.6 Å². The van der Waals surface area contributed by atoms with Crippen LogP contribution in [-0.2, 0) is 0 Å². The van der Waals surface area contributed by atoms with Gasteiger partial charge in [0.05, 0.1) is 67.3 Å². The molecule has 0 saturated carbocycles. The van der Waals surface area contributed by atoms with Gasteiger partial charge in [-0.25, -0.2) is 19.6 Å². The number of hydrogen-bond donors (Lipinski definition) is 2. The molecule has 0 saturated heterocycles. The van der Waals surface area contributed by atoms with Crippen LogP contribution in [0.3, 0.4) is 0 Å². The third-order valence-corrected chi connectivity index (χ3v) is 11.9. The van der Waals surface area contributed by atoms with Crippen LogP contribution in [0.5, 0.6) is 0 Å². The summed E-state index contributed by atoms with van der Waals surface area (Å²) in [6.45, 7) is 0. The molecule has 0 bridgehead atoms. The van der Waals surface area contributed by atoms with E-state index < -0.39 is 59.1 Å². The Labute approximate surface area is 383 Å². The topological polar surface area (TPSA) is 208 Å². The summed E-state index contributed by atoms with van der Waals surface area (Å²) in [6.07, 6.45) is 0. The van der Waals surface area contributed by atoms with Crippen molar-refractivity contribution in [2.75, 3.05) is 30.2 Å². The molecule has 68 heavy (non-hydrogen) atoms. The standard InChI is InChI=1S/C52H28N6O10/c59-43(27-20-31(55-45(61)35-12-1-2-13-36(35)46(55)62)25-32(21-27)56-47(63)37-14-3-4-15-38(37)48(56)64)53-29-10-9-11-30(24-29)54-44(60)28-22-33(57-49(65)39-16-5-6-17-40(39)50(57)66)26-34(23-28)58-51(67)41-18-7-8-19-42(41)52(58)68/h1-26H,(H,53,59)(H,54,60). The molecule has 10 amide bonds. The van der Waals surface area contributed by atoms with Crippen molar-refractivity contribution in [3.8, 4) is 0 Å². The van der Waals surface area contributed by atoms with Crippen molar-refractivity contribution < 1.29 is 47.9 Å². The Kier molecular flexibility index (Phi) is 9.21. The first kappa shape index (κ1) is 40.8. The first-order valence-corrected chi connectivity index (χ1v) is 20.8. The molecule has 0 radical (unpaired) electrons. The average Bonchev–Trinajstić information content (AvgIpc) is 3.97. The second kappa shape index (κ2) is 15.3. The second-order valence-electron chi connectivity index (χ2n) is 15.9. The van der Waals surface area contributed by atoms with Crippen LogP contribution in [0.15, 0.2) is 158 Å². The SMILES string of the molecule is O=C(Nc1cccc(NC(=O)c2cc(N3C(=O)c4ccccc4C3=O)cc(N3C(=O)c4ccccc4C3=O)c2)c1)c1cc(N2C(=O)c3ccccc3C2=O)cc(N2C(=O)c3ccccc3C2=O)c1.